The molecule has 366 valence electrons. The minimum atomic E-state index is -4.91. The van der Waals surface area contributed by atoms with Gasteiger partial charge in [-0.15, -0.1) is 0 Å². The zero-order valence-electron chi connectivity index (χ0n) is 38.6. The molecule has 2 aliphatic heterocycles. The van der Waals surface area contributed by atoms with Gasteiger partial charge in [-0.2, -0.15) is 10.2 Å². The topological polar surface area (TPSA) is 295 Å². The van der Waals surface area contributed by atoms with Crippen molar-refractivity contribution in [2.24, 2.45) is 11.8 Å². The van der Waals surface area contributed by atoms with Gasteiger partial charge in [0.05, 0.1) is 44.7 Å². The second kappa shape index (κ2) is 21.5. The monoisotopic (exact) mass is 1000 g/mol. The third-order valence-electron chi connectivity index (χ3n) is 12.0. The number of aromatic amines is 1. The van der Waals surface area contributed by atoms with Gasteiger partial charge in [0, 0.05) is 11.8 Å². The number of nitrogens with zero attached hydrogens (tertiary/aromatic N) is 7. The Hall–Kier alpha value is -3.42. The van der Waals surface area contributed by atoms with Crippen LogP contribution in [-0.2, 0) is 49.7 Å². The molecule has 0 bridgehead atoms. The number of phosphoric acid groups is 1. The number of nitriles is 1. The Balaban J connectivity index is 1.45. The molecule has 5 heterocycles. The molecule has 0 aromatic carbocycles. The van der Waals surface area contributed by atoms with E-state index in [1.807, 2.05) is 33.8 Å². The van der Waals surface area contributed by atoms with Crippen LogP contribution in [0.25, 0.3) is 11.2 Å². The minimum Gasteiger partial charge on any atom is -0.414 e. The van der Waals surface area contributed by atoms with Crippen LogP contribution in [0.4, 0.5) is 16.3 Å². The number of amides is 1. The summed E-state index contributed by atoms with van der Waals surface area (Å²) in [5, 5.41) is 14.9. The van der Waals surface area contributed by atoms with E-state index >= 15 is 8.96 Å². The second-order valence-electron chi connectivity index (χ2n) is 18.1. The van der Waals surface area contributed by atoms with Gasteiger partial charge in [-0.1, -0.05) is 69.2 Å². The van der Waals surface area contributed by atoms with E-state index in [4.69, 9.17) is 35.8 Å². The smallest absolute Gasteiger partial charge is 0.414 e. The first-order valence-corrected chi connectivity index (χ1v) is 28.6. The molecule has 1 amide bonds. The number of phosphoric ester groups is 1. The molecule has 1 aliphatic carbocycles. The van der Waals surface area contributed by atoms with E-state index in [9.17, 15) is 24.3 Å². The highest BCUT2D eigenvalue weighted by Crippen LogP contribution is 2.57. The lowest BCUT2D eigenvalue weighted by Crippen LogP contribution is -2.65. The molecule has 3 aromatic rings. The fourth-order valence-electron chi connectivity index (χ4n) is 8.67. The molecule has 3 aromatic heterocycles. The van der Waals surface area contributed by atoms with Gasteiger partial charge in [0.1, 0.15) is 43.2 Å². The summed E-state index contributed by atoms with van der Waals surface area (Å²) >= 11 is 0. The highest BCUT2D eigenvalue weighted by atomic mass is 31.2. The molecule has 1 saturated carbocycles. The summed E-state index contributed by atoms with van der Waals surface area (Å²) in [6.45, 7) is 18.6. The quantitative estimate of drug-likeness (QED) is 0.0627. The molecular formula is C38H61FN10O13P2Si2. The third-order valence-corrected chi connectivity index (χ3v) is 24.2. The number of aromatic nitrogens is 7. The maximum absolute atomic E-state index is 16.0. The van der Waals surface area contributed by atoms with Crippen LogP contribution in [0.15, 0.2) is 23.8 Å². The van der Waals surface area contributed by atoms with Crippen molar-refractivity contribution < 1.29 is 59.0 Å². The number of halogens is 1. The van der Waals surface area contributed by atoms with Gasteiger partial charge in [0.2, 0.25) is 17.8 Å². The lowest BCUT2D eigenvalue weighted by atomic mass is 10.1. The van der Waals surface area contributed by atoms with Crippen LogP contribution in [0.1, 0.15) is 88.3 Å². The lowest BCUT2D eigenvalue weighted by molar-refractivity contribution is -0.118. The van der Waals surface area contributed by atoms with Crippen LogP contribution in [0.5, 0.6) is 0 Å². The highest BCUT2D eigenvalue weighted by Gasteiger charge is 2.63. The molecule has 3 fully saturated rings. The summed E-state index contributed by atoms with van der Waals surface area (Å²) in [4.78, 5) is 59.1. The number of carbonyl (C=O) groups is 1. The van der Waals surface area contributed by atoms with Gasteiger partial charge in [-0.3, -0.25) is 42.6 Å². The third kappa shape index (κ3) is 11.0. The minimum absolute atomic E-state index is 0.0227. The van der Waals surface area contributed by atoms with Crippen LogP contribution in [-0.4, -0.2) is 119 Å². The molecule has 2 saturated heterocycles. The zero-order chi connectivity index (χ0) is 48.3. The average molecular weight is 1000 g/mol. The number of alkyl halides is 1. The standard InChI is InChI=1S/C38H61FN10O13P2Si2/c1-20(2)34(50)47-38-46-33-29(35(51)48-38)44-19-49(33)36-32(31-27(58-36)16-57-65(21(3)4,22(5)6)62-66(61-31,23(7)8)24(9)10)60-64(54,55-13-11-12-40)56-15-25-14-26(28(39)30(25)59-63(52)53)45-37-42-17-41-18-43-37/h17-28,30-32,36,63H,11,13-16H2,1-10H3,(H,52,53)(H,41,42,43,45)(H2,46,47,48,50,51)/t25-,26-,27-,28+,30-,31-,32-,36-,64-/m1/s1. The Morgan fingerprint density at radius 2 is 1.73 bits per heavy atom. The summed E-state index contributed by atoms with van der Waals surface area (Å²) in [5.74, 6) is -2.01. The van der Waals surface area contributed by atoms with Gasteiger partial charge in [0.25, 0.3) is 5.56 Å². The average Bonchev–Trinajstić information content (AvgIpc) is 3.89. The van der Waals surface area contributed by atoms with E-state index in [-0.39, 0.29) is 64.7 Å². The molecule has 0 radical (unpaired) electrons. The van der Waals surface area contributed by atoms with Gasteiger partial charge in [0.15, 0.2) is 17.4 Å². The van der Waals surface area contributed by atoms with E-state index in [1.54, 1.807) is 13.8 Å². The summed E-state index contributed by atoms with van der Waals surface area (Å²) in [7, 11) is -15.2. The van der Waals surface area contributed by atoms with Gasteiger partial charge < -0.3 is 32.4 Å². The van der Waals surface area contributed by atoms with Crippen molar-refractivity contribution in [3.63, 3.8) is 0 Å². The fourth-order valence-corrected chi connectivity index (χ4v) is 21.8. The van der Waals surface area contributed by atoms with Crippen molar-refractivity contribution in [3.8, 4) is 6.07 Å². The van der Waals surface area contributed by atoms with Gasteiger partial charge in [-0.05, 0) is 28.6 Å². The molecule has 23 nitrogen and oxygen atoms in total. The number of H-pyrrole nitrogens is 1. The maximum atomic E-state index is 16.0. The van der Waals surface area contributed by atoms with E-state index in [0.29, 0.717) is 0 Å². The van der Waals surface area contributed by atoms with Crippen molar-refractivity contribution in [2.75, 3.05) is 30.5 Å². The fraction of sp³-hybridized carbons (Fsp3) is 0.737. The van der Waals surface area contributed by atoms with Crippen molar-refractivity contribution >= 4 is 62.2 Å². The molecule has 3 aliphatic rings. The second-order valence-corrected chi connectivity index (χ2v) is 29.3. The number of ether oxygens (including phenoxy) is 1. The molecular weight excluding hydrogens is 942 g/mol. The summed E-state index contributed by atoms with van der Waals surface area (Å²) in [6, 6.07) is 0.892. The Kier molecular flexibility index (Phi) is 16.9. The van der Waals surface area contributed by atoms with E-state index in [0.717, 1.165) is 0 Å². The van der Waals surface area contributed by atoms with Crippen molar-refractivity contribution in [2.45, 2.75) is 147 Å². The predicted octanol–water partition coefficient (Wildman–Crippen LogP) is 5.80. The predicted molar refractivity (Wildman–Crippen MR) is 240 cm³/mol. The maximum Gasteiger partial charge on any atom is 0.475 e. The first-order valence-electron chi connectivity index (χ1n) is 22.0. The Labute approximate surface area is 384 Å². The van der Waals surface area contributed by atoms with Crippen LogP contribution in [0, 0.1) is 23.2 Å². The van der Waals surface area contributed by atoms with Crippen LogP contribution in [0.3, 0.4) is 0 Å². The van der Waals surface area contributed by atoms with E-state index in [2.05, 4.69) is 68.2 Å². The Bertz CT molecular complexity index is 2310. The molecule has 10 atom stereocenters. The number of rotatable bonds is 19. The lowest BCUT2D eigenvalue weighted by Gasteiger charge is -2.51. The molecule has 66 heavy (non-hydrogen) atoms. The number of fused-ring (bicyclic) bond motifs is 2. The molecule has 28 heteroatoms. The Morgan fingerprint density at radius 3 is 2.33 bits per heavy atom. The largest absolute Gasteiger partial charge is 0.475 e. The van der Waals surface area contributed by atoms with Crippen molar-refractivity contribution in [3.05, 3.63) is 29.3 Å². The van der Waals surface area contributed by atoms with Crippen molar-refractivity contribution in [1.82, 2.24) is 34.5 Å². The van der Waals surface area contributed by atoms with E-state index < -0.39 is 113 Å². The molecule has 4 N–H and O–H groups in total. The number of imidazole rings is 1. The van der Waals surface area contributed by atoms with Crippen LogP contribution < -0.4 is 16.2 Å². The number of hydrogen-bond donors (Lipinski definition) is 4. The van der Waals surface area contributed by atoms with Crippen LogP contribution in [0.2, 0.25) is 22.2 Å². The normalized spacial score (nSPS) is 27.8. The number of hydrogen-bond acceptors (Lipinski definition) is 19. The highest BCUT2D eigenvalue weighted by molar-refractivity contribution is 7.48. The molecule has 6 rings (SSSR count). The SMILES string of the molecule is CC(C)C(=O)Nc1nc2c(ncn2[C@@H]2O[C@@H]3CO[Si](C(C)C)(C(C)C)O[Si](C(C)C)(C(C)C)O[C@H]3[C@H]2O[P@](=O)(OCCC#N)OC[C@H]2C[C@@H](Nc3ncncn3)[C@H](F)[C@@H]2O[PH](=O)O)c(=O)[nH]1. The van der Waals surface area contributed by atoms with E-state index in [1.165, 1.54) is 23.5 Å². The number of anilines is 2. The number of carbonyl (C=O) groups excluding carboxylic acids is 1. The van der Waals surface area contributed by atoms with Gasteiger partial charge >= 0.3 is 33.2 Å². The zero-order valence-corrected chi connectivity index (χ0v) is 42.5. The first kappa shape index (κ1) is 52.0. The Morgan fingerprint density at radius 1 is 1.06 bits per heavy atom. The van der Waals surface area contributed by atoms with Gasteiger partial charge in [-0.25, -0.2) is 28.9 Å². The number of nitrogens with one attached hydrogen (secondary N) is 3. The molecule has 0 spiro atoms. The summed E-state index contributed by atoms with van der Waals surface area (Å²) in [5.41, 5.74) is -1.23. The molecule has 1 unspecified atom stereocenters. The van der Waals surface area contributed by atoms with Crippen molar-refractivity contribution in [1.29, 1.82) is 5.26 Å². The summed E-state index contributed by atoms with van der Waals surface area (Å²) in [6.07, 6.45) is -4.88. The summed E-state index contributed by atoms with van der Waals surface area (Å²) < 4.78 is 96.8. The first-order chi connectivity index (χ1) is 31.1. The van der Waals surface area contributed by atoms with Crippen LogP contribution >= 0.6 is 16.1 Å².